The Morgan fingerprint density at radius 1 is 0.462 bits per heavy atom. The van der Waals surface area contributed by atoms with E-state index in [1.54, 1.807) is 0 Å². The molecular formula is C22H22O2S2. The van der Waals surface area contributed by atoms with E-state index in [9.17, 15) is 8.42 Å². The van der Waals surface area contributed by atoms with E-state index in [0.29, 0.717) is 23.0 Å². The number of hydrogen-bond acceptors (Lipinski definition) is 2. The number of benzene rings is 3. The van der Waals surface area contributed by atoms with Crippen LogP contribution in [0.1, 0.15) is 22.3 Å². The SMILES string of the molecule is O=S(Cc1ccccc1)Cc1ccccc1CS(=O)Cc1ccccc1. The van der Waals surface area contributed by atoms with Gasteiger partial charge in [-0.15, -0.1) is 0 Å². The Bertz CT molecular complexity index is 802. The van der Waals surface area contributed by atoms with Gasteiger partial charge in [-0.2, -0.15) is 0 Å². The Morgan fingerprint density at radius 2 is 0.808 bits per heavy atom. The molecule has 0 aliphatic heterocycles. The van der Waals surface area contributed by atoms with Gasteiger partial charge >= 0.3 is 0 Å². The molecule has 0 spiro atoms. The molecule has 0 radical (unpaired) electrons. The summed E-state index contributed by atoms with van der Waals surface area (Å²) in [5, 5.41) is 0. The Kier molecular flexibility index (Phi) is 6.92. The molecule has 0 amide bonds. The molecule has 0 bridgehead atoms. The minimum Gasteiger partial charge on any atom is -0.259 e. The summed E-state index contributed by atoms with van der Waals surface area (Å²) in [5.41, 5.74) is 4.22. The maximum atomic E-state index is 12.5. The van der Waals surface area contributed by atoms with Crippen LogP contribution in [-0.4, -0.2) is 8.42 Å². The molecule has 0 saturated carbocycles. The van der Waals surface area contributed by atoms with Gasteiger partial charge in [0, 0.05) is 44.6 Å². The van der Waals surface area contributed by atoms with Crippen LogP contribution in [0, 0.1) is 0 Å². The second kappa shape index (κ2) is 9.60. The molecule has 2 atom stereocenters. The first kappa shape index (κ1) is 18.7. The average molecular weight is 383 g/mol. The molecule has 0 aliphatic carbocycles. The van der Waals surface area contributed by atoms with E-state index in [1.165, 1.54) is 0 Å². The van der Waals surface area contributed by atoms with Crippen molar-refractivity contribution < 1.29 is 8.42 Å². The Balaban J connectivity index is 1.64. The smallest absolute Gasteiger partial charge is 0.0492 e. The normalized spacial score (nSPS) is 13.2. The molecule has 26 heavy (non-hydrogen) atoms. The lowest BCUT2D eigenvalue weighted by Crippen LogP contribution is -2.05. The van der Waals surface area contributed by atoms with Crippen molar-refractivity contribution in [2.75, 3.05) is 0 Å². The molecule has 0 heterocycles. The first-order valence-corrected chi connectivity index (χ1v) is 11.5. The molecule has 3 rings (SSSR count). The van der Waals surface area contributed by atoms with Crippen LogP contribution in [0.3, 0.4) is 0 Å². The van der Waals surface area contributed by atoms with Gasteiger partial charge in [-0.05, 0) is 22.3 Å². The van der Waals surface area contributed by atoms with E-state index >= 15 is 0 Å². The van der Waals surface area contributed by atoms with E-state index in [0.717, 1.165) is 22.3 Å². The fraction of sp³-hybridized carbons (Fsp3) is 0.182. The summed E-state index contributed by atoms with van der Waals surface area (Å²) in [6.45, 7) is 0. The van der Waals surface area contributed by atoms with Crippen molar-refractivity contribution in [3.63, 3.8) is 0 Å². The molecule has 0 aliphatic rings. The summed E-state index contributed by atoms with van der Waals surface area (Å²) in [6.07, 6.45) is 0. The fourth-order valence-corrected chi connectivity index (χ4v) is 5.40. The fourth-order valence-electron chi connectivity index (χ4n) is 2.81. The van der Waals surface area contributed by atoms with E-state index in [-0.39, 0.29) is 0 Å². The van der Waals surface area contributed by atoms with Crippen molar-refractivity contribution in [2.45, 2.75) is 23.0 Å². The molecule has 0 fully saturated rings. The largest absolute Gasteiger partial charge is 0.259 e. The van der Waals surface area contributed by atoms with Gasteiger partial charge in [-0.3, -0.25) is 8.42 Å². The van der Waals surface area contributed by atoms with Crippen LogP contribution < -0.4 is 0 Å². The number of hydrogen-bond donors (Lipinski definition) is 0. The second-order valence-electron chi connectivity index (χ2n) is 6.20. The molecule has 4 heteroatoms. The average Bonchev–Trinajstić information content (AvgIpc) is 2.65. The summed E-state index contributed by atoms with van der Waals surface area (Å²) in [6, 6.07) is 27.7. The first-order valence-electron chi connectivity index (χ1n) is 8.55. The third kappa shape index (κ3) is 5.75. The van der Waals surface area contributed by atoms with Crippen LogP contribution in [0.25, 0.3) is 0 Å². The summed E-state index contributed by atoms with van der Waals surface area (Å²) in [5.74, 6) is 2.08. The minimum atomic E-state index is -0.984. The lowest BCUT2D eigenvalue weighted by molar-refractivity contribution is 0.679. The Morgan fingerprint density at radius 3 is 1.19 bits per heavy atom. The van der Waals surface area contributed by atoms with Crippen molar-refractivity contribution in [1.29, 1.82) is 0 Å². The summed E-state index contributed by atoms with van der Waals surface area (Å²) in [7, 11) is -1.97. The van der Waals surface area contributed by atoms with Crippen molar-refractivity contribution in [1.82, 2.24) is 0 Å². The molecule has 2 nitrogen and oxygen atoms in total. The van der Waals surface area contributed by atoms with E-state index in [4.69, 9.17) is 0 Å². The van der Waals surface area contributed by atoms with E-state index in [1.807, 2.05) is 84.9 Å². The maximum absolute atomic E-state index is 12.5. The predicted octanol–water partition coefficient (Wildman–Crippen LogP) is 4.58. The standard InChI is InChI=1S/C22H22O2S2/c23-25(15-19-9-3-1-4-10-19)17-21-13-7-8-14-22(21)18-26(24)16-20-11-5-2-6-12-20/h1-14H,15-18H2. The molecular weight excluding hydrogens is 360 g/mol. The molecule has 3 aromatic rings. The molecule has 2 unspecified atom stereocenters. The lowest BCUT2D eigenvalue weighted by Gasteiger charge is -2.10. The van der Waals surface area contributed by atoms with Crippen LogP contribution in [-0.2, 0) is 44.6 Å². The highest BCUT2D eigenvalue weighted by molar-refractivity contribution is 7.83. The van der Waals surface area contributed by atoms with Gasteiger partial charge in [-0.25, -0.2) is 0 Å². The van der Waals surface area contributed by atoms with Gasteiger partial charge in [0.1, 0.15) is 0 Å². The monoisotopic (exact) mass is 382 g/mol. The predicted molar refractivity (Wildman–Crippen MR) is 110 cm³/mol. The number of rotatable bonds is 8. The molecule has 0 saturated heterocycles. The lowest BCUT2D eigenvalue weighted by atomic mass is 10.1. The van der Waals surface area contributed by atoms with Crippen LogP contribution in [0.15, 0.2) is 84.9 Å². The van der Waals surface area contributed by atoms with Gasteiger partial charge in [0.25, 0.3) is 0 Å². The third-order valence-corrected chi connectivity index (χ3v) is 6.67. The summed E-state index contributed by atoms with van der Waals surface area (Å²) >= 11 is 0. The van der Waals surface area contributed by atoms with Crippen molar-refractivity contribution >= 4 is 21.6 Å². The zero-order valence-electron chi connectivity index (χ0n) is 14.5. The van der Waals surface area contributed by atoms with Crippen molar-refractivity contribution in [3.05, 3.63) is 107 Å². The highest BCUT2D eigenvalue weighted by Crippen LogP contribution is 2.17. The van der Waals surface area contributed by atoms with Gasteiger partial charge in [0.05, 0.1) is 0 Å². The van der Waals surface area contributed by atoms with Crippen LogP contribution in [0.4, 0.5) is 0 Å². The summed E-state index contributed by atoms with van der Waals surface area (Å²) < 4.78 is 25.1. The zero-order chi connectivity index (χ0) is 18.2. The summed E-state index contributed by atoms with van der Waals surface area (Å²) in [4.78, 5) is 0. The maximum Gasteiger partial charge on any atom is 0.0492 e. The van der Waals surface area contributed by atoms with Crippen LogP contribution in [0.5, 0.6) is 0 Å². The Hall–Kier alpha value is -2.04. The first-order chi connectivity index (χ1) is 12.7. The van der Waals surface area contributed by atoms with Gasteiger partial charge in [0.15, 0.2) is 0 Å². The quantitative estimate of drug-likeness (QED) is 0.571. The third-order valence-electron chi connectivity index (χ3n) is 4.09. The highest BCUT2D eigenvalue weighted by Gasteiger charge is 2.10. The van der Waals surface area contributed by atoms with Crippen molar-refractivity contribution in [3.8, 4) is 0 Å². The molecule has 0 aromatic heterocycles. The second-order valence-corrected chi connectivity index (χ2v) is 9.11. The van der Waals surface area contributed by atoms with E-state index < -0.39 is 21.6 Å². The zero-order valence-corrected chi connectivity index (χ0v) is 16.2. The Labute approximate surface area is 160 Å². The topological polar surface area (TPSA) is 34.1 Å². The van der Waals surface area contributed by atoms with Crippen LogP contribution >= 0.6 is 0 Å². The minimum absolute atomic E-state index is 0.494. The van der Waals surface area contributed by atoms with Gasteiger partial charge in [0.2, 0.25) is 0 Å². The van der Waals surface area contributed by atoms with Crippen molar-refractivity contribution in [2.24, 2.45) is 0 Å². The van der Waals surface area contributed by atoms with Crippen LogP contribution in [0.2, 0.25) is 0 Å². The van der Waals surface area contributed by atoms with Gasteiger partial charge < -0.3 is 0 Å². The van der Waals surface area contributed by atoms with Gasteiger partial charge in [-0.1, -0.05) is 84.9 Å². The van der Waals surface area contributed by atoms with E-state index in [2.05, 4.69) is 0 Å². The highest BCUT2D eigenvalue weighted by atomic mass is 32.2. The molecule has 0 N–H and O–H groups in total. The molecule has 134 valence electrons. The molecule has 3 aromatic carbocycles.